The van der Waals surface area contributed by atoms with E-state index >= 15 is 0 Å². The third kappa shape index (κ3) is 2.57. The first-order valence-electron chi connectivity index (χ1n) is 5.79. The van der Waals surface area contributed by atoms with Crippen LogP contribution in [0.25, 0.3) is 17.1 Å². The minimum Gasteiger partial charge on any atom is -0.300 e. The molecule has 0 unspecified atom stereocenters. The summed E-state index contributed by atoms with van der Waals surface area (Å²) in [4.78, 5) is 4.43. The molecule has 0 atom stereocenters. The molecule has 0 radical (unpaired) electrons. The SMILES string of the molecule is Clc1ccc(-c2nccn2-c2cccc(Br)c2)cc1. The van der Waals surface area contributed by atoms with Gasteiger partial charge in [-0.25, -0.2) is 4.98 Å². The van der Waals surface area contributed by atoms with Crippen LogP contribution in [0.2, 0.25) is 5.02 Å². The minimum absolute atomic E-state index is 0.726. The third-order valence-corrected chi connectivity index (χ3v) is 3.57. The van der Waals surface area contributed by atoms with Gasteiger partial charge in [0.2, 0.25) is 0 Å². The van der Waals surface area contributed by atoms with Crippen molar-refractivity contribution >= 4 is 27.5 Å². The van der Waals surface area contributed by atoms with Gasteiger partial charge in [-0.1, -0.05) is 33.6 Å². The number of hydrogen-bond donors (Lipinski definition) is 0. The Balaban J connectivity index is 2.10. The van der Waals surface area contributed by atoms with E-state index in [1.54, 1.807) is 6.20 Å². The van der Waals surface area contributed by atoms with Gasteiger partial charge in [-0.2, -0.15) is 0 Å². The van der Waals surface area contributed by atoms with Crippen molar-refractivity contribution in [3.63, 3.8) is 0 Å². The molecule has 0 N–H and O–H groups in total. The molecule has 0 aliphatic heterocycles. The Bertz CT molecular complexity index is 704. The molecule has 3 rings (SSSR count). The first kappa shape index (κ1) is 12.5. The van der Waals surface area contributed by atoms with Crippen LogP contribution in [0.4, 0.5) is 0 Å². The van der Waals surface area contributed by atoms with Crippen molar-refractivity contribution in [3.05, 3.63) is 70.4 Å². The van der Waals surface area contributed by atoms with Gasteiger partial charge in [0, 0.05) is 33.1 Å². The van der Waals surface area contributed by atoms with E-state index in [0.29, 0.717) is 0 Å². The van der Waals surface area contributed by atoms with E-state index < -0.39 is 0 Å². The summed E-state index contributed by atoms with van der Waals surface area (Å²) >= 11 is 9.40. The van der Waals surface area contributed by atoms with E-state index in [0.717, 1.165) is 26.6 Å². The molecular formula is C15H10BrClN2. The first-order valence-corrected chi connectivity index (χ1v) is 6.96. The second kappa shape index (κ2) is 5.19. The highest BCUT2D eigenvalue weighted by molar-refractivity contribution is 9.10. The molecule has 0 aliphatic rings. The smallest absolute Gasteiger partial charge is 0.144 e. The van der Waals surface area contributed by atoms with Crippen molar-refractivity contribution in [1.82, 2.24) is 9.55 Å². The van der Waals surface area contributed by atoms with E-state index in [2.05, 4.69) is 27.0 Å². The van der Waals surface area contributed by atoms with Crippen LogP contribution in [0.5, 0.6) is 0 Å². The molecule has 0 saturated heterocycles. The first-order chi connectivity index (χ1) is 9.24. The number of aromatic nitrogens is 2. The number of halogens is 2. The largest absolute Gasteiger partial charge is 0.300 e. The lowest BCUT2D eigenvalue weighted by atomic mass is 10.2. The lowest BCUT2D eigenvalue weighted by Gasteiger charge is -2.08. The number of hydrogen-bond acceptors (Lipinski definition) is 1. The van der Waals surface area contributed by atoms with Gasteiger partial charge >= 0.3 is 0 Å². The fraction of sp³-hybridized carbons (Fsp3) is 0. The van der Waals surface area contributed by atoms with Gasteiger partial charge in [-0.05, 0) is 42.5 Å². The van der Waals surface area contributed by atoms with Crippen molar-refractivity contribution in [1.29, 1.82) is 0 Å². The average molecular weight is 334 g/mol. The van der Waals surface area contributed by atoms with Gasteiger partial charge in [0.25, 0.3) is 0 Å². The predicted molar refractivity (Wildman–Crippen MR) is 81.7 cm³/mol. The Morgan fingerprint density at radius 2 is 1.84 bits per heavy atom. The Labute approximate surface area is 124 Å². The lowest BCUT2D eigenvalue weighted by Crippen LogP contribution is -1.95. The van der Waals surface area contributed by atoms with Crippen molar-refractivity contribution in [2.75, 3.05) is 0 Å². The van der Waals surface area contributed by atoms with E-state index in [9.17, 15) is 0 Å². The molecule has 1 aromatic heterocycles. The Morgan fingerprint density at radius 3 is 2.58 bits per heavy atom. The average Bonchev–Trinajstić information content (AvgIpc) is 2.89. The Morgan fingerprint density at radius 1 is 1.05 bits per heavy atom. The van der Waals surface area contributed by atoms with Crippen LogP contribution in [0.1, 0.15) is 0 Å². The zero-order valence-electron chi connectivity index (χ0n) is 9.92. The number of rotatable bonds is 2. The highest BCUT2D eigenvalue weighted by atomic mass is 79.9. The van der Waals surface area contributed by atoms with E-state index in [4.69, 9.17) is 11.6 Å². The third-order valence-electron chi connectivity index (χ3n) is 2.83. The van der Waals surface area contributed by atoms with E-state index in [-0.39, 0.29) is 0 Å². The molecule has 3 aromatic rings. The van der Waals surface area contributed by atoms with Crippen LogP contribution in [0, 0.1) is 0 Å². The topological polar surface area (TPSA) is 17.8 Å². The molecule has 4 heteroatoms. The second-order valence-electron chi connectivity index (χ2n) is 4.11. The van der Waals surface area contributed by atoms with Crippen molar-refractivity contribution in [2.24, 2.45) is 0 Å². The Hall–Kier alpha value is -1.58. The van der Waals surface area contributed by atoms with Gasteiger partial charge < -0.3 is 0 Å². The fourth-order valence-electron chi connectivity index (χ4n) is 1.95. The fourth-order valence-corrected chi connectivity index (χ4v) is 2.46. The molecule has 2 nitrogen and oxygen atoms in total. The van der Waals surface area contributed by atoms with Gasteiger partial charge in [-0.3, -0.25) is 4.57 Å². The molecule has 19 heavy (non-hydrogen) atoms. The molecule has 0 aliphatic carbocycles. The second-order valence-corrected chi connectivity index (χ2v) is 5.46. The highest BCUT2D eigenvalue weighted by Crippen LogP contribution is 2.24. The van der Waals surface area contributed by atoms with Crippen LogP contribution in [-0.2, 0) is 0 Å². The van der Waals surface area contributed by atoms with Crippen molar-refractivity contribution in [2.45, 2.75) is 0 Å². The molecule has 0 fully saturated rings. The van der Waals surface area contributed by atoms with Crippen LogP contribution >= 0.6 is 27.5 Å². The normalized spacial score (nSPS) is 10.6. The van der Waals surface area contributed by atoms with E-state index in [1.165, 1.54) is 0 Å². The van der Waals surface area contributed by atoms with Gasteiger partial charge in [-0.15, -0.1) is 0 Å². The summed E-state index contributed by atoms with van der Waals surface area (Å²) in [6.07, 6.45) is 3.75. The summed E-state index contributed by atoms with van der Waals surface area (Å²) in [6, 6.07) is 15.8. The van der Waals surface area contributed by atoms with E-state index in [1.807, 2.05) is 53.2 Å². The molecule has 2 aromatic carbocycles. The summed E-state index contributed by atoms with van der Waals surface area (Å²) in [7, 11) is 0. The van der Waals surface area contributed by atoms with Gasteiger partial charge in [0.15, 0.2) is 0 Å². The zero-order valence-corrected chi connectivity index (χ0v) is 12.3. The molecule has 1 heterocycles. The zero-order chi connectivity index (χ0) is 13.2. The molecule has 0 spiro atoms. The standard InChI is InChI=1S/C15H10BrClN2/c16-12-2-1-3-14(10-12)19-9-8-18-15(19)11-4-6-13(17)7-5-11/h1-10H. The minimum atomic E-state index is 0.726. The van der Waals surface area contributed by atoms with Crippen molar-refractivity contribution in [3.8, 4) is 17.1 Å². The molecule has 94 valence electrons. The lowest BCUT2D eigenvalue weighted by molar-refractivity contribution is 1.07. The van der Waals surface area contributed by atoms with Crippen LogP contribution in [0.15, 0.2) is 65.4 Å². The number of imidazole rings is 1. The molecular weight excluding hydrogens is 324 g/mol. The maximum Gasteiger partial charge on any atom is 0.144 e. The Kier molecular flexibility index (Phi) is 3.40. The number of benzene rings is 2. The molecule has 0 amide bonds. The number of nitrogens with zero attached hydrogens (tertiary/aromatic N) is 2. The monoisotopic (exact) mass is 332 g/mol. The molecule has 0 saturated carbocycles. The summed E-state index contributed by atoms with van der Waals surface area (Å²) in [5.74, 6) is 0.898. The van der Waals surface area contributed by atoms with Crippen LogP contribution < -0.4 is 0 Å². The summed E-state index contributed by atoms with van der Waals surface area (Å²) in [6.45, 7) is 0. The maximum absolute atomic E-state index is 5.92. The van der Waals surface area contributed by atoms with Gasteiger partial charge in [0.05, 0.1) is 0 Å². The summed E-state index contributed by atoms with van der Waals surface area (Å²) in [5, 5.41) is 0.726. The van der Waals surface area contributed by atoms with Gasteiger partial charge in [0.1, 0.15) is 5.82 Å². The maximum atomic E-state index is 5.92. The summed E-state index contributed by atoms with van der Waals surface area (Å²) < 4.78 is 3.09. The molecule has 0 bridgehead atoms. The van der Waals surface area contributed by atoms with Crippen LogP contribution in [-0.4, -0.2) is 9.55 Å². The highest BCUT2D eigenvalue weighted by Gasteiger charge is 2.07. The quantitative estimate of drug-likeness (QED) is 0.648. The van der Waals surface area contributed by atoms with Crippen LogP contribution in [0.3, 0.4) is 0 Å². The predicted octanol–water partition coefficient (Wildman–Crippen LogP) is 4.96. The van der Waals surface area contributed by atoms with Crippen molar-refractivity contribution < 1.29 is 0 Å². The summed E-state index contributed by atoms with van der Waals surface area (Å²) in [5.41, 5.74) is 2.10.